The molecule has 4 rings (SSSR count). The van der Waals surface area contributed by atoms with E-state index in [9.17, 15) is 14.4 Å². The van der Waals surface area contributed by atoms with E-state index in [4.69, 9.17) is 18.9 Å². The molecule has 3 atom stereocenters. The number of benzene rings is 3. The third kappa shape index (κ3) is 10.8. The van der Waals surface area contributed by atoms with E-state index in [0.29, 0.717) is 6.61 Å². The smallest absolute Gasteiger partial charge is 0.412 e. The summed E-state index contributed by atoms with van der Waals surface area (Å²) < 4.78 is 24.6. The fraction of sp³-hybridized carbons (Fsp3) is 0.361. The van der Waals surface area contributed by atoms with Gasteiger partial charge in [-0.2, -0.15) is 0 Å². The van der Waals surface area contributed by atoms with E-state index in [-0.39, 0.29) is 43.5 Å². The van der Waals surface area contributed by atoms with Crippen LogP contribution in [0.4, 0.5) is 4.79 Å². The number of ketones is 1. The lowest BCUT2D eigenvalue weighted by atomic mass is 10.1. The monoisotopic (exact) mass is 629 g/mol. The standard InChI is InChI=1S/C36H43N3O7/c1-25(40)20-37-34(41)31(39-35(42)46-36(2,3)4)30-33(45-23-28-18-12-7-13-19-28)32(44-22-27-16-10-6-11-17-27)29(38-30)24-43-21-26-14-8-5-9-15-26/h5-19,29,32-33,38H,20-24H2,1-4H3,(H,37,41)(H,39,42)/b31-30+/t29-,32+,33+/m0/s1. The second-order valence-electron chi connectivity index (χ2n) is 12.0. The molecule has 10 nitrogen and oxygen atoms in total. The first-order chi connectivity index (χ1) is 22.1. The van der Waals surface area contributed by atoms with Gasteiger partial charge in [-0.1, -0.05) is 91.0 Å². The first-order valence-electron chi connectivity index (χ1n) is 15.3. The summed E-state index contributed by atoms with van der Waals surface area (Å²) >= 11 is 0. The number of alkyl carbamates (subject to hydrolysis) is 1. The zero-order chi connectivity index (χ0) is 32.9. The lowest BCUT2D eigenvalue weighted by molar-refractivity contribution is -0.122. The molecule has 3 N–H and O–H groups in total. The first-order valence-corrected chi connectivity index (χ1v) is 15.3. The van der Waals surface area contributed by atoms with Crippen LogP contribution in [0.2, 0.25) is 0 Å². The molecule has 0 unspecified atom stereocenters. The summed E-state index contributed by atoms with van der Waals surface area (Å²) in [6.45, 7) is 7.35. The zero-order valence-electron chi connectivity index (χ0n) is 26.8. The molecule has 0 radical (unpaired) electrons. The molecule has 0 bridgehead atoms. The minimum atomic E-state index is -0.831. The van der Waals surface area contributed by atoms with Crippen molar-refractivity contribution >= 4 is 17.8 Å². The lowest BCUT2D eigenvalue weighted by Gasteiger charge is -2.25. The van der Waals surface area contributed by atoms with Gasteiger partial charge in [0.1, 0.15) is 29.3 Å². The summed E-state index contributed by atoms with van der Waals surface area (Å²) in [5, 5.41) is 8.59. The van der Waals surface area contributed by atoms with Crippen LogP contribution < -0.4 is 16.0 Å². The van der Waals surface area contributed by atoms with Gasteiger partial charge in [0.15, 0.2) is 0 Å². The number of carbonyl (C=O) groups is 3. The predicted molar refractivity (Wildman–Crippen MR) is 173 cm³/mol. The van der Waals surface area contributed by atoms with Gasteiger partial charge >= 0.3 is 6.09 Å². The molecular formula is C36H43N3O7. The van der Waals surface area contributed by atoms with Gasteiger partial charge in [-0.3, -0.25) is 14.9 Å². The van der Waals surface area contributed by atoms with Gasteiger partial charge in [-0.15, -0.1) is 0 Å². The normalized spacial score (nSPS) is 18.7. The highest BCUT2D eigenvalue weighted by Gasteiger charge is 2.44. The van der Waals surface area contributed by atoms with Crippen molar-refractivity contribution < 1.29 is 33.3 Å². The molecule has 2 amide bonds. The molecule has 244 valence electrons. The molecule has 1 aliphatic heterocycles. The number of nitrogens with one attached hydrogen (secondary N) is 3. The Morgan fingerprint density at radius 3 is 1.80 bits per heavy atom. The average molecular weight is 630 g/mol. The average Bonchev–Trinajstić information content (AvgIpc) is 3.37. The maximum absolute atomic E-state index is 13.6. The van der Waals surface area contributed by atoms with Crippen LogP contribution in [0.15, 0.2) is 102 Å². The van der Waals surface area contributed by atoms with Crippen molar-refractivity contribution in [3.63, 3.8) is 0 Å². The van der Waals surface area contributed by atoms with E-state index in [0.717, 1.165) is 16.7 Å². The van der Waals surface area contributed by atoms with Crippen molar-refractivity contribution in [2.75, 3.05) is 13.2 Å². The zero-order valence-corrected chi connectivity index (χ0v) is 26.8. The number of hydrogen-bond acceptors (Lipinski definition) is 8. The van der Waals surface area contributed by atoms with Crippen LogP contribution in [0.1, 0.15) is 44.4 Å². The third-order valence-corrected chi connectivity index (χ3v) is 6.91. The number of carbonyl (C=O) groups excluding carboxylic acids is 3. The van der Waals surface area contributed by atoms with Crippen LogP contribution in [-0.2, 0) is 48.4 Å². The number of Topliss-reactive ketones (excluding diaryl/α,β-unsaturated/α-hetero) is 1. The number of amides is 2. The second kappa shape index (κ2) is 16.7. The molecule has 0 saturated carbocycles. The van der Waals surface area contributed by atoms with Crippen molar-refractivity contribution in [3.05, 3.63) is 119 Å². The molecule has 0 spiro atoms. The second-order valence-corrected chi connectivity index (χ2v) is 12.0. The molecule has 10 heteroatoms. The van der Waals surface area contributed by atoms with Gasteiger partial charge in [0.25, 0.3) is 5.91 Å². The Bertz CT molecular complexity index is 1460. The quantitative estimate of drug-likeness (QED) is 0.218. The van der Waals surface area contributed by atoms with Crippen LogP contribution in [0.25, 0.3) is 0 Å². The van der Waals surface area contributed by atoms with Crippen molar-refractivity contribution in [3.8, 4) is 0 Å². The maximum atomic E-state index is 13.6. The fourth-order valence-electron chi connectivity index (χ4n) is 4.82. The lowest BCUT2D eigenvalue weighted by Crippen LogP contribution is -2.42. The molecule has 1 aliphatic rings. The molecule has 0 aromatic heterocycles. The van der Waals surface area contributed by atoms with Crippen molar-refractivity contribution in [2.45, 2.75) is 71.4 Å². The van der Waals surface area contributed by atoms with E-state index in [2.05, 4.69) is 16.0 Å². The summed E-state index contributed by atoms with van der Waals surface area (Å²) in [6, 6.07) is 28.7. The third-order valence-electron chi connectivity index (χ3n) is 6.91. The molecule has 1 fully saturated rings. The topological polar surface area (TPSA) is 124 Å². The summed E-state index contributed by atoms with van der Waals surface area (Å²) in [4.78, 5) is 38.4. The Kier molecular flexibility index (Phi) is 12.5. The van der Waals surface area contributed by atoms with Gasteiger partial charge in [0.2, 0.25) is 0 Å². The van der Waals surface area contributed by atoms with E-state index in [1.807, 2.05) is 91.0 Å². The van der Waals surface area contributed by atoms with Crippen molar-refractivity contribution in [1.29, 1.82) is 0 Å². The molecule has 3 aromatic rings. The Morgan fingerprint density at radius 1 is 0.761 bits per heavy atom. The van der Waals surface area contributed by atoms with E-state index in [1.165, 1.54) is 6.92 Å². The Morgan fingerprint density at radius 2 is 1.28 bits per heavy atom. The Labute approximate surface area is 270 Å². The first kappa shape index (κ1) is 34.4. The molecular weight excluding hydrogens is 586 g/mol. The number of rotatable bonds is 14. The van der Waals surface area contributed by atoms with Crippen LogP contribution in [0.3, 0.4) is 0 Å². The van der Waals surface area contributed by atoms with Gasteiger partial charge < -0.3 is 29.6 Å². The summed E-state index contributed by atoms with van der Waals surface area (Å²) in [7, 11) is 0. The highest BCUT2D eigenvalue weighted by atomic mass is 16.6. The van der Waals surface area contributed by atoms with E-state index in [1.54, 1.807) is 20.8 Å². The summed E-state index contributed by atoms with van der Waals surface area (Å²) in [6.07, 6.45) is -2.30. The summed E-state index contributed by atoms with van der Waals surface area (Å²) in [5.41, 5.74) is 2.21. The molecule has 0 aliphatic carbocycles. The van der Waals surface area contributed by atoms with Gasteiger partial charge in [0, 0.05) is 0 Å². The maximum Gasteiger partial charge on any atom is 0.412 e. The fourth-order valence-corrected chi connectivity index (χ4v) is 4.82. The van der Waals surface area contributed by atoms with Crippen molar-refractivity contribution in [2.24, 2.45) is 0 Å². The van der Waals surface area contributed by atoms with E-state index >= 15 is 0 Å². The highest BCUT2D eigenvalue weighted by molar-refractivity contribution is 5.99. The predicted octanol–water partition coefficient (Wildman–Crippen LogP) is 4.79. The van der Waals surface area contributed by atoms with E-state index < -0.39 is 35.9 Å². The van der Waals surface area contributed by atoms with Crippen LogP contribution >= 0.6 is 0 Å². The van der Waals surface area contributed by atoms with Crippen molar-refractivity contribution in [1.82, 2.24) is 16.0 Å². The Hall–Kier alpha value is -4.51. The minimum absolute atomic E-state index is 0.132. The van der Waals surface area contributed by atoms with Gasteiger partial charge in [-0.05, 0) is 44.4 Å². The Balaban J connectivity index is 1.71. The largest absolute Gasteiger partial charge is 0.444 e. The van der Waals surface area contributed by atoms with Gasteiger partial charge in [-0.25, -0.2) is 4.79 Å². The molecule has 1 saturated heterocycles. The highest BCUT2D eigenvalue weighted by Crippen LogP contribution is 2.29. The molecule has 3 aromatic carbocycles. The number of ether oxygens (including phenoxy) is 4. The SMILES string of the molecule is CC(=O)CNC(=O)/C(NC(=O)OC(C)(C)C)=C1\N[C@@H](COCc2ccccc2)[C@@H](OCc2ccccc2)[C@@H]1OCc1ccccc1. The minimum Gasteiger partial charge on any atom is -0.444 e. The molecule has 46 heavy (non-hydrogen) atoms. The number of hydrogen-bond donors (Lipinski definition) is 3. The summed E-state index contributed by atoms with van der Waals surface area (Å²) in [5.74, 6) is -0.924. The van der Waals surface area contributed by atoms with Crippen LogP contribution in [-0.4, -0.2) is 54.8 Å². The van der Waals surface area contributed by atoms with Gasteiger partial charge in [0.05, 0.1) is 44.7 Å². The molecule has 1 heterocycles. The van der Waals surface area contributed by atoms with Crippen LogP contribution in [0.5, 0.6) is 0 Å². The van der Waals surface area contributed by atoms with Crippen LogP contribution in [0, 0.1) is 0 Å².